The molecule has 0 saturated heterocycles. The lowest BCUT2D eigenvalue weighted by atomic mass is 10.1. The highest BCUT2D eigenvalue weighted by Crippen LogP contribution is 2.28. The lowest BCUT2D eigenvalue weighted by molar-refractivity contribution is -0.385. The number of hydrogen-bond donors (Lipinski definition) is 1. The molecule has 0 saturated carbocycles. The molecule has 0 amide bonds. The van der Waals surface area contributed by atoms with Gasteiger partial charge in [0.1, 0.15) is 0 Å². The summed E-state index contributed by atoms with van der Waals surface area (Å²) in [5.41, 5.74) is 1.89. The maximum absolute atomic E-state index is 11.1. The first kappa shape index (κ1) is 16.9. The molecule has 0 aliphatic carbocycles. The molecule has 0 radical (unpaired) electrons. The van der Waals surface area contributed by atoms with Crippen molar-refractivity contribution in [3.8, 4) is 5.75 Å². The summed E-state index contributed by atoms with van der Waals surface area (Å²) < 4.78 is 5.01. The van der Waals surface area contributed by atoms with Crippen molar-refractivity contribution in [1.82, 2.24) is 4.90 Å². The van der Waals surface area contributed by atoms with E-state index in [9.17, 15) is 15.2 Å². The van der Waals surface area contributed by atoms with E-state index in [1.54, 1.807) is 12.1 Å². The fourth-order valence-corrected chi connectivity index (χ4v) is 2.43. The van der Waals surface area contributed by atoms with Crippen LogP contribution in [0.3, 0.4) is 0 Å². The highest BCUT2D eigenvalue weighted by Gasteiger charge is 2.16. The van der Waals surface area contributed by atoms with Crippen molar-refractivity contribution >= 4 is 5.69 Å². The molecule has 0 bridgehead atoms. The molecule has 6 nitrogen and oxygen atoms in total. The van der Waals surface area contributed by atoms with E-state index >= 15 is 0 Å². The van der Waals surface area contributed by atoms with E-state index in [4.69, 9.17) is 4.74 Å². The Balaban J connectivity index is 2.16. The molecule has 2 aromatic carbocycles. The first-order chi connectivity index (χ1) is 11.1. The van der Waals surface area contributed by atoms with Crippen molar-refractivity contribution < 1.29 is 14.8 Å². The van der Waals surface area contributed by atoms with E-state index in [0.29, 0.717) is 19.6 Å². The third-order valence-electron chi connectivity index (χ3n) is 3.51. The number of ether oxygens (including phenoxy) is 1. The van der Waals surface area contributed by atoms with Gasteiger partial charge in [-0.1, -0.05) is 36.4 Å². The molecule has 0 aromatic heterocycles. The van der Waals surface area contributed by atoms with E-state index in [2.05, 4.69) is 0 Å². The number of rotatable bonds is 8. The van der Waals surface area contributed by atoms with Crippen molar-refractivity contribution in [3.63, 3.8) is 0 Å². The molecule has 23 heavy (non-hydrogen) atoms. The second-order valence-electron chi connectivity index (χ2n) is 5.18. The van der Waals surface area contributed by atoms with Crippen molar-refractivity contribution in [3.05, 3.63) is 69.8 Å². The highest BCUT2D eigenvalue weighted by atomic mass is 16.6. The van der Waals surface area contributed by atoms with Crippen LogP contribution in [0.2, 0.25) is 0 Å². The number of methoxy groups -OCH3 is 1. The summed E-state index contributed by atoms with van der Waals surface area (Å²) in [6, 6.07) is 14.8. The van der Waals surface area contributed by atoms with E-state index in [-0.39, 0.29) is 18.0 Å². The molecule has 2 aromatic rings. The van der Waals surface area contributed by atoms with Gasteiger partial charge >= 0.3 is 5.69 Å². The van der Waals surface area contributed by atoms with Crippen LogP contribution in [0.5, 0.6) is 5.75 Å². The molecule has 122 valence electrons. The second kappa shape index (κ2) is 8.26. The first-order valence-corrected chi connectivity index (χ1v) is 7.32. The number of nitrogens with zero attached hydrogens (tertiary/aromatic N) is 2. The summed E-state index contributed by atoms with van der Waals surface area (Å²) >= 11 is 0. The molecule has 0 heterocycles. The average molecular weight is 316 g/mol. The Hall–Kier alpha value is -2.44. The normalized spacial score (nSPS) is 10.7. The van der Waals surface area contributed by atoms with Crippen LogP contribution in [-0.2, 0) is 13.1 Å². The zero-order valence-electron chi connectivity index (χ0n) is 13.0. The third-order valence-corrected chi connectivity index (χ3v) is 3.51. The molecule has 0 unspecified atom stereocenters. The zero-order chi connectivity index (χ0) is 16.7. The van der Waals surface area contributed by atoms with Crippen molar-refractivity contribution in [2.45, 2.75) is 13.1 Å². The monoisotopic (exact) mass is 316 g/mol. The van der Waals surface area contributed by atoms with Crippen LogP contribution in [0.1, 0.15) is 11.1 Å². The van der Waals surface area contributed by atoms with Gasteiger partial charge in [-0.2, -0.15) is 0 Å². The smallest absolute Gasteiger partial charge is 0.311 e. The molecule has 0 atom stereocenters. The Morgan fingerprint density at radius 2 is 1.83 bits per heavy atom. The number of aliphatic hydroxyl groups is 1. The van der Waals surface area contributed by atoms with Gasteiger partial charge in [0.25, 0.3) is 0 Å². The summed E-state index contributed by atoms with van der Waals surface area (Å²) in [4.78, 5) is 12.7. The van der Waals surface area contributed by atoms with Gasteiger partial charge in [0.15, 0.2) is 5.75 Å². The van der Waals surface area contributed by atoms with E-state index in [1.807, 2.05) is 35.2 Å². The zero-order valence-corrected chi connectivity index (χ0v) is 13.0. The van der Waals surface area contributed by atoms with Crippen LogP contribution in [0.15, 0.2) is 48.5 Å². The fourth-order valence-electron chi connectivity index (χ4n) is 2.43. The molecule has 2 rings (SSSR count). The van der Waals surface area contributed by atoms with Gasteiger partial charge in [-0.15, -0.1) is 0 Å². The molecule has 0 aliphatic heterocycles. The largest absolute Gasteiger partial charge is 0.490 e. The van der Waals surface area contributed by atoms with Crippen LogP contribution in [0.25, 0.3) is 0 Å². The quantitative estimate of drug-likeness (QED) is 0.598. The van der Waals surface area contributed by atoms with Crippen LogP contribution in [-0.4, -0.2) is 35.2 Å². The van der Waals surface area contributed by atoms with Crippen LogP contribution < -0.4 is 4.74 Å². The Kier molecular flexibility index (Phi) is 6.08. The van der Waals surface area contributed by atoms with Gasteiger partial charge in [-0.05, 0) is 17.2 Å². The topological polar surface area (TPSA) is 75.8 Å². The standard InChI is InChI=1S/C17H20N2O4/c1-23-17-8-7-15(11-16(17)19(21)22)13-18(9-10-20)12-14-5-3-2-4-6-14/h2-8,11,20H,9-10,12-13H2,1H3. The molecule has 0 fully saturated rings. The molecule has 0 aliphatic rings. The fraction of sp³-hybridized carbons (Fsp3) is 0.294. The highest BCUT2D eigenvalue weighted by molar-refractivity contribution is 5.48. The Bertz CT molecular complexity index is 646. The summed E-state index contributed by atoms with van der Waals surface area (Å²) in [5, 5.41) is 20.4. The minimum absolute atomic E-state index is 0.0328. The Morgan fingerprint density at radius 1 is 1.13 bits per heavy atom. The predicted octanol–water partition coefficient (Wildman–Crippen LogP) is 2.60. The number of nitro benzene ring substituents is 1. The van der Waals surface area contributed by atoms with Gasteiger partial charge < -0.3 is 9.84 Å². The van der Waals surface area contributed by atoms with Crippen molar-refractivity contribution in [1.29, 1.82) is 0 Å². The van der Waals surface area contributed by atoms with Gasteiger partial charge in [0, 0.05) is 25.7 Å². The summed E-state index contributed by atoms with van der Waals surface area (Å²) in [5.74, 6) is 0.246. The predicted molar refractivity (Wildman–Crippen MR) is 87.3 cm³/mol. The molecule has 6 heteroatoms. The molecule has 1 N–H and O–H groups in total. The van der Waals surface area contributed by atoms with Gasteiger partial charge in [-0.3, -0.25) is 15.0 Å². The number of nitro groups is 1. The number of hydrogen-bond acceptors (Lipinski definition) is 5. The Morgan fingerprint density at radius 3 is 2.43 bits per heavy atom. The van der Waals surface area contributed by atoms with Gasteiger partial charge in [-0.25, -0.2) is 0 Å². The minimum atomic E-state index is -0.449. The van der Waals surface area contributed by atoms with E-state index in [1.165, 1.54) is 13.2 Å². The van der Waals surface area contributed by atoms with Gasteiger partial charge in [0.2, 0.25) is 0 Å². The van der Waals surface area contributed by atoms with Crippen molar-refractivity contribution in [2.75, 3.05) is 20.3 Å². The first-order valence-electron chi connectivity index (χ1n) is 7.32. The summed E-state index contributed by atoms with van der Waals surface area (Å²) in [7, 11) is 1.41. The number of benzene rings is 2. The van der Waals surface area contributed by atoms with Crippen molar-refractivity contribution in [2.24, 2.45) is 0 Å². The average Bonchev–Trinajstić information content (AvgIpc) is 2.56. The van der Waals surface area contributed by atoms with Crippen LogP contribution in [0.4, 0.5) is 5.69 Å². The Labute approximate surface area is 135 Å². The van der Waals surface area contributed by atoms with Crippen LogP contribution in [0, 0.1) is 10.1 Å². The molecule has 0 spiro atoms. The minimum Gasteiger partial charge on any atom is -0.490 e. The maximum Gasteiger partial charge on any atom is 0.311 e. The summed E-state index contributed by atoms with van der Waals surface area (Å²) in [6.45, 7) is 1.71. The second-order valence-corrected chi connectivity index (χ2v) is 5.18. The number of aliphatic hydroxyl groups excluding tert-OH is 1. The van der Waals surface area contributed by atoms with E-state index in [0.717, 1.165) is 11.1 Å². The lowest BCUT2D eigenvalue weighted by Gasteiger charge is -2.21. The van der Waals surface area contributed by atoms with Gasteiger partial charge in [0.05, 0.1) is 18.6 Å². The molecular weight excluding hydrogens is 296 g/mol. The van der Waals surface area contributed by atoms with Crippen LogP contribution >= 0.6 is 0 Å². The third kappa shape index (κ3) is 4.77. The SMILES string of the molecule is COc1ccc(CN(CCO)Cc2ccccc2)cc1[N+](=O)[O-]. The lowest BCUT2D eigenvalue weighted by Crippen LogP contribution is -2.26. The molecular formula is C17H20N2O4. The summed E-state index contributed by atoms with van der Waals surface area (Å²) in [6.07, 6.45) is 0. The maximum atomic E-state index is 11.1. The van der Waals surface area contributed by atoms with E-state index < -0.39 is 4.92 Å².